The van der Waals surface area contributed by atoms with Crippen LogP contribution in [0.4, 0.5) is 5.69 Å². The van der Waals surface area contributed by atoms with Crippen molar-refractivity contribution in [2.24, 2.45) is 5.92 Å². The Bertz CT molecular complexity index is 428. The number of nitrogens with zero attached hydrogens (tertiary/aromatic N) is 2. The fourth-order valence-corrected chi connectivity index (χ4v) is 2.35. The molecular weight excluding hydrogens is 212 g/mol. The molecule has 0 amide bonds. The summed E-state index contributed by atoms with van der Waals surface area (Å²) in [6.45, 7) is 4.20. The van der Waals surface area contributed by atoms with E-state index >= 15 is 0 Å². The van der Waals surface area contributed by atoms with Crippen molar-refractivity contribution in [2.75, 3.05) is 24.6 Å². The second-order valence-corrected chi connectivity index (χ2v) is 4.75. The van der Waals surface area contributed by atoms with Crippen LogP contribution in [0.5, 0.6) is 0 Å². The topological polar surface area (TPSA) is 47.3 Å². The van der Waals surface area contributed by atoms with Gasteiger partial charge in [-0.3, -0.25) is 0 Å². The number of aliphatic hydroxyl groups excluding tert-OH is 1. The normalized spacial score (nSPS) is 16.9. The van der Waals surface area contributed by atoms with E-state index in [0.29, 0.717) is 5.92 Å². The highest BCUT2D eigenvalue weighted by molar-refractivity contribution is 5.60. The molecule has 0 bridgehead atoms. The highest BCUT2D eigenvalue weighted by Crippen LogP contribution is 2.26. The Morgan fingerprint density at radius 1 is 1.41 bits per heavy atom. The first-order valence-electron chi connectivity index (χ1n) is 6.11. The van der Waals surface area contributed by atoms with Crippen molar-refractivity contribution in [1.29, 1.82) is 5.26 Å². The predicted octanol–water partition coefficient (Wildman–Crippen LogP) is 2.08. The van der Waals surface area contributed by atoms with Crippen LogP contribution in [0.25, 0.3) is 0 Å². The molecule has 1 N–H and O–H groups in total. The Morgan fingerprint density at radius 3 is 2.71 bits per heavy atom. The smallest absolute Gasteiger partial charge is 0.101 e. The molecule has 0 radical (unpaired) electrons. The Morgan fingerprint density at radius 2 is 2.12 bits per heavy atom. The summed E-state index contributed by atoms with van der Waals surface area (Å²) in [5.41, 5.74) is 2.98. The number of benzene rings is 1. The lowest BCUT2D eigenvalue weighted by molar-refractivity contribution is 0.203. The van der Waals surface area contributed by atoms with Gasteiger partial charge in [0.1, 0.15) is 6.07 Å². The van der Waals surface area contributed by atoms with Crippen LogP contribution in [0.2, 0.25) is 0 Å². The van der Waals surface area contributed by atoms with Gasteiger partial charge in [-0.15, -0.1) is 0 Å². The predicted molar refractivity (Wildman–Crippen MR) is 67.9 cm³/mol. The zero-order valence-electron chi connectivity index (χ0n) is 10.2. The average Bonchev–Trinajstić information content (AvgIpc) is 2.39. The summed E-state index contributed by atoms with van der Waals surface area (Å²) in [6, 6.07) is 8.20. The average molecular weight is 230 g/mol. The molecule has 2 rings (SSSR count). The molecule has 1 aliphatic rings. The molecule has 0 atom stereocenters. The standard InChI is InChI=1S/C14H18N2O/c1-11-2-3-13(9-15)14(8-11)16-6-4-12(10-17)5-7-16/h2-3,8,12,17H,4-7,10H2,1H3. The summed E-state index contributed by atoms with van der Waals surface area (Å²) in [7, 11) is 0. The number of hydrogen-bond acceptors (Lipinski definition) is 3. The molecule has 1 aromatic carbocycles. The molecule has 3 nitrogen and oxygen atoms in total. The van der Waals surface area contributed by atoms with E-state index in [1.54, 1.807) is 0 Å². The van der Waals surface area contributed by atoms with Gasteiger partial charge in [0.05, 0.1) is 11.3 Å². The first-order valence-corrected chi connectivity index (χ1v) is 6.11. The van der Waals surface area contributed by atoms with Crippen molar-refractivity contribution < 1.29 is 5.11 Å². The van der Waals surface area contributed by atoms with Crippen molar-refractivity contribution in [3.8, 4) is 6.07 Å². The van der Waals surface area contributed by atoms with Crippen LogP contribution >= 0.6 is 0 Å². The van der Waals surface area contributed by atoms with Crippen molar-refractivity contribution in [1.82, 2.24) is 0 Å². The molecule has 1 heterocycles. The van der Waals surface area contributed by atoms with Crippen molar-refractivity contribution in [2.45, 2.75) is 19.8 Å². The van der Waals surface area contributed by atoms with Gasteiger partial charge in [0.2, 0.25) is 0 Å². The summed E-state index contributed by atoms with van der Waals surface area (Å²) >= 11 is 0. The first kappa shape index (κ1) is 11.9. The summed E-state index contributed by atoms with van der Waals surface area (Å²) in [5.74, 6) is 0.432. The first-order chi connectivity index (χ1) is 8.24. The molecule has 0 aromatic heterocycles. The van der Waals surface area contributed by atoms with E-state index in [1.165, 1.54) is 5.56 Å². The maximum Gasteiger partial charge on any atom is 0.101 e. The Hall–Kier alpha value is -1.53. The minimum atomic E-state index is 0.284. The number of aliphatic hydroxyl groups is 1. The molecule has 0 saturated carbocycles. The number of rotatable bonds is 2. The molecule has 17 heavy (non-hydrogen) atoms. The summed E-state index contributed by atoms with van der Waals surface area (Å²) in [5, 5.41) is 18.2. The number of anilines is 1. The van der Waals surface area contributed by atoms with E-state index in [9.17, 15) is 0 Å². The number of aryl methyl sites for hydroxylation is 1. The third kappa shape index (κ3) is 2.59. The van der Waals surface area contributed by atoms with Crippen molar-refractivity contribution in [3.63, 3.8) is 0 Å². The van der Waals surface area contributed by atoms with Gasteiger partial charge in [0.15, 0.2) is 0 Å². The Kier molecular flexibility index (Phi) is 3.65. The fraction of sp³-hybridized carbons (Fsp3) is 0.500. The monoisotopic (exact) mass is 230 g/mol. The molecular formula is C14H18N2O. The van der Waals surface area contributed by atoms with E-state index < -0.39 is 0 Å². The third-order valence-corrected chi connectivity index (χ3v) is 3.49. The van der Waals surface area contributed by atoms with Gasteiger partial charge in [-0.2, -0.15) is 5.26 Å². The highest BCUT2D eigenvalue weighted by atomic mass is 16.3. The second-order valence-electron chi connectivity index (χ2n) is 4.75. The minimum Gasteiger partial charge on any atom is -0.396 e. The Balaban J connectivity index is 2.18. The molecule has 90 valence electrons. The molecule has 0 unspecified atom stereocenters. The van der Waals surface area contributed by atoms with Crippen LogP contribution in [-0.4, -0.2) is 24.8 Å². The van der Waals surface area contributed by atoms with E-state index in [0.717, 1.165) is 37.2 Å². The molecule has 1 aliphatic heterocycles. The quantitative estimate of drug-likeness (QED) is 0.846. The maximum atomic E-state index is 9.12. The number of piperidine rings is 1. The van der Waals surface area contributed by atoms with Gasteiger partial charge >= 0.3 is 0 Å². The van der Waals surface area contributed by atoms with Gasteiger partial charge < -0.3 is 10.0 Å². The van der Waals surface area contributed by atoms with E-state index in [2.05, 4.69) is 17.0 Å². The van der Waals surface area contributed by atoms with Gasteiger partial charge in [-0.1, -0.05) is 6.07 Å². The SMILES string of the molecule is Cc1ccc(C#N)c(N2CCC(CO)CC2)c1. The van der Waals surface area contributed by atoms with E-state index in [-0.39, 0.29) is 6.61 Å². The van der Waals surface area contributed by atoms with Gasteiger partial charge in [-0.25, -0.2) is 0 Å². The second kappa shape index (κ2) is 5.20. The summed E-state index contributed by atoms with van der Waals surface area (Å²) in [4.78, 5) is 2.26. The van der Waals surface area contributed by atoms with Crippen LogP contribution in [0.3, 0.4) is 0 Å². The van der Waals surface area contributed by atoms with Crippen LogP contribution in [0, 0.1) is 24.2 Å². The van der Waals surface area contributed by atoms with Crippen LogP contribution in [-0.2, 0) is 0 Å². The summed E-state index contributed by atoms with van der Waals surface area (Å²) in [6.07, 6.45) is 2.02. The van der Waals surface area contributed by atoms with Gasteiger partial charge in [0.25, 0.3) is 0 Å². The van der Waals surface area contributed by atoms with Gasteiger partial charge in [-0.05, 0) is 43.4 Å². The molecule has 3 heteroatoms. The van der Waals surface area contributed by atoms with E-state index in [1.807, 2.05) is 19.1 Å². The number of hydrogen-bond donors (Lipinski definition) is 1. The fourth-order valence-electron chi connectivity index (χ4n) is 2.35. The lowest BCUT2D eigenvalue weighted by Crippen LogP contribution is -2.35. The summed E-state index contributed by atoms with van der Waals surface area (Å²) < 4.78 is 0. The zero-order chi connectivity index (χ0) is 12.3. The minimum absolute atomic E-state index is 0.284. The highest BCUT2D eigenvalue weighted by Gasteiger charge is 2.20. The van der Waals surface area contributed by atoms with Crippen molar-refractivity contribution in [3.05, 3.63) is 29.3 Å². The van der Waals surface area contributed by atoms with Crippen LogP contribution in [0.1, 0.15) is 24.0 Å². The van der Waals surface area contributed by atoms with Crippen molar-refractivity contribution >= 4 is 5.69 Å². The van der Waals surface area contributed by atoms with Crippen LogP contribution in [0.15, 0.2) is 18.2 Å². The molecule has 1 fully saturated rings. The number of nitriles is 1. The largest absolute Gasteiger partial charge is 0.396 e. The van der Waals surface area contributed by atoms with Crippen LogP contribution < -0.4 is 4.90 Å². The maximum absolute atomic E-state index is 9.12. The lowest BCUT2D eigenvalue weighted by Gasteiger charge is -2.33. The molecule has 1 saturated heterocycles. The van der Waals surface area contributed by atoms with E-state index in [4.69, 9.17) is 10.4 Å². The van der Waals surface area contributed by atoms with Gasteiger partial charge in [0, 0.05) is 19.7 Å². The Labute approximate surface area is 102 Å². The molecule has 0 spiro atoms. The molecule has 0 aliphatic carbocycles. The third-order valence-electron chi connectivity index (χ3n) is 3.49. The zero-order valence-corrected chi connectivity index (χ0v) is 10.2. The lowest BCUT2D eigenvalue weighted by atomic mass is 9.96. The molecule has 1 aromatic rings.